The summed E-state index contributed by atoms with van der Waals surface area (Å²) >= 11 is 0. The van der Waals surface area contributed by atoms with Crippen molar-refractivity contribution in [1.82, 2.24) is 24.8 Å². The van der Waals surface area contributed by atoms with Gasteiger partial charge in [-0.3, -0.25) is 18.9 Å². The normalized spacial score (nSPS) is 24.1. The average molecular weight is 471 g/mol. The summed E-state index contributed by atoms with van der Waals surface area (Å²) in [4.78, 5) is 30.8. The van der Waals surface area contributed by atoms with E-state index in [-0.39, 0.29) is 40.9 Å². The van der Waals surface area contributed by atoms with Gasteiger partial charge in [0.15, 0.2) is 5.49 Å². The van der Waals surface area contributed by atoms with E-state index in [4.69, 9.17) is 9.62 Å². The van der Waals surface area contributed by atoms with E-state index in [1.165, 1.54) is 0 Å². The number of nitrogens with zero attached hydrogens (tertiary/aromatic N) is 5. The second-order valence-electron chi connectivity index (χ2n) is 11.9. The maximum atomic E-state index is 12.9. The third-order valence-electron chi connectivity index (χ3n) is 7.42. The van der Waals surface area contributed by atoms with Gasteiger partial charge in [-0.15, -0.1) is 0 Å². The molecule has 2 aromatic heterocycles. The second-order valence-corrected chi connectivity index (χ2v) is 11.9. The fourth-order valence-electron chi connectivity index (χ4n) is 5.27. The number of aryl methyl sites for hydroxylation is 1. The quantitative estimate of drug-likeness (QED) is 0.715. The molecular weight excluding hydrogens is 432 g/mol. The van der Waals surface area contributed by atoms with E-state index in [2.05, 4.69) is 56.3 Å². The number of aromatic nitrogens is 4. The molecule has 9 nitrogen and oxygen atoms in total. The van der Waals surface area contributed by atoms with Crippen molar-refractivity contribution in [3.05, 3.63) is 32.7 Å². The molecule has 1 saturated carbocycles. The Morgan fingerprint density at radius 3 is 2.68 bits per heavy atom. The lowest BCUT2D eigenvalue weighted by Crippen LogP contribution is -2.51. The van der Waals surface area contributed by atoms with Crippen molar-refractivity contribution >= 4 is 12.0 Å². The first kappa shape index (κ1) is 24.4. The van der Waals surface area contributed by atoms with Crippen molar-refractivity contribution in [1.29, 1.82) is 0 Å². The van der Waals surface area contributed by atoms with Crippen LogP contribution in [0.25, 0.3) is 6.08 Å². The minimum Gasteiger partial charge on any atom is -0.352 e. The number of carbonyl (C=O) groups is 1. The topological polar surface area (TPSA) is 107 Å². The van der Waals surface area contributed by atoms with Gasteiger partial charge in [0, 0.05) is 19.6 Å². The van der Waals surface area contributed by atoms with Gasteiger partial charge in [-0.05, 0) is 49.4 Å². The number of hydrogen-bond acceptors (Lipinski definition) is 6. The standard InChI is InChI=1S/C25H38N6O3/c1-15-18(29-34-28-15)13-21(32)27-20-12-16(10-11-25(20,5)6)17-8-9-19-22(26-17)30(7)23(33)31(19)14-24(2,3)4/h9,16-17,20H,8,10-14H2,1-7H3,(H,27,32). The molecule has 0 aromatic carbocycles. The SMILES string of the molecule is Cc1nonc1CC(=O)NC1CC(C2CC=c3c(n(C)c(=O)n3CC(C)(C)C)=N2)CCC1(C)C. The van der Waals surface area contributed by atoms with E-state index in [9.17, 15) is 9.59 Å². The minimum absolute atomic E-state index is 0.00425. The van der Waals surface area contributed by atoms with Gasteiger partial charge in [0.1, 0.15) is 11.4 Å². The Balaban J connectivity index is 1.53. The molecule has 0 saturated heterocycles. The Labute approximate surface area is 200 Å². The lowest BCUT2D eigenvalue weighted by molar-refractivity contribution is -0.122. The van der Waals surface area contributed by atoms with Crippen molar-refractivity contribution in [3.8, 4) is 0 Å². The van der Waals surface area contributed by atoms with Gasteiger partial charge in [0.2, 0.25) is 5.91 Å². The Morgan fingerprint density at radius 1 is 1.29 bits per heavy atom. The van der Waals surface area contributed by atoms with E-state index in [1.807, 2.05) is 11.6 Å². The van der Waals surface area contributed by atoms with Crippen LogP contribution in [-0.4, -0.2) is 37.4 Å². The third-order valence-corrected chi connectivity index (χ3v) is 7.42. The third kappa shape index (κ3) is 4.88. The van der Waals surface area contributed by atoms with E-state index in [0.29, 0.717) is 23.9 Å². The maximum Gasteiger partial charge on any atom is 0.330 e. The highest BCUT2D eigenvalue weighted by molar-refractivity contribution is 5.78. The summed E-state index contributed by atoms with van der Waals surface area (Å²) in [6.07, 6.45) is 6.10. The van der Waals surface area contributed by atoms with Crippen molar-refractivity contribution < 1.29 is 9.42 Å². The van der Waals surface area contributed by atoms with Crippen molar-refractivity contribution in [3.63, 3.8) is 0 Å². The van der Waals surface area contributed by atoms with Crippen LogP contribution in [0.4, 0.5) is 0 Å². The van der Waals surface area contributed by atoms with Crippen LogP contribution < -0.4 is 21.8 Å². The highest BCUT2D eigenvalue weighted by atomic mass is 16.6. The molecule has 1 fully saturated rings. The zero-order valence-corrected chi connectivity index (χ0v) is 21.5. The Hall–Kier alpha value is -2.71. The average Bonchev–Trinajstić information content (AvgIpc) is 3.24. The zero-order valence-electron chi connectivity index (χ0n) is 21.5. The number of rotatable bonds is 5. The van der Waals surface area contributed by atoms with Gasteiger partial charge in [0.25, 0.3) is 0 Å². The number of fused-ring (bicyclic) bond motifs is 1. The van der Waals surface area contributed by atoms with Crippen LogP contribution in [0.2, 0.25) is 0 Å². The molecule has 3 unspecified atom stereocenters. The molecule has 2 aromatic rings. The molecular formula is C25H38N6O3. The summed E-state index contributed by atoms with van der Waals surface area (Å²) in [5, 5.41) is 11.8. The number of imidazole rings is 1. The predicted molar refractivity (Wildman–Crippen MR) is 129 cm³/mol. The highest BCUT2D eigenvalue weighted by Crippen LogP contribution is 2.41. The van der Waals surface area contributed by atoms with Gasteiger partial charge in [-0.1, -0.05) is 51.0 Å². The zero-order chi connectivity index (χ0) is 24.8. The Bertz CT molecular complexity index is 1240. The second kappa shape index (κ2) is 8.82. The highest BCUT2D eigenvalue weighted by Gasteiger charge is 2.40. The van der Waals surface area contributed by atoms with E-state index >= 15 is 0 Å². The van der Waals surface area contributed by atoms with Crippen LogP contribution in [-0.2, 0) is 24.8 Å². The summed E-state index contributed by atoms with van der Waals surface area (Å²) in [5.74, 6) is 0.285. The molecule has 0 spiro atoms. The first-order valence-corrected chi connectivity index (χ1v) is 12.3. The summed E-state index contributed by atoms with van der Waals surface area (Å²) in [7, 11) is 1.81. The molecule has 4 rings (SSSR count). The van der Waals surface area contributed by atoms with Gasteiger partial charge < -0.3 is 5.32 Å². The van der Waals surface area contributed by atoms with Crippen LogP contribution in [0.3, 0.4) is 0 Å². The monoisotopic (exact) mass is 470 g/mol. The van der Waals surface area contributed by atoms with Crippen molar-refractivity contribution in [2.45, 2.75) is 92.3 Å². The number of carbonyl (C=O) groups excluding carboxylic acids is 1. The maximum absolute atomic E-state index is 12.9. The first-order chi connectivity index (χ1) is 15.9. The predicted octanol–water partition coefficient (Wildman–Crippen LogP) is 1.65. The smallest absolute Gasteiger partial charge is 0.330 e. The summed E-state index contributed by atoms with van der Waals surface area (Å²) in [5.41, 5.74) is 2.00. The summed E-state index contributed by atoms with van der Waals surface area (Å²) < 4.78 is 8.28. The number of amides is 1. The molecule has 2 aliphatic rings. The fourth-order valence-corrected chi connectivity index (χ4v) is 5.27. The summed E-state index contributed by atoms with van der Waals surface area (Å²) in [6, 6.07) is 0.158. The lowest BCUT2D eigenvalue weighted by Gasteiger charge is -2.44. The molecule has 0 bridgehead atoms. The van der Waals surface area contributed by atoms with Gasteiger partial charge in [-0.2, -0.15) is 0 Å². The minimum atomic E-state index is -0.0615. The lowest BCUT2D eigenvalue weighted by atomic mass is 9.67. The molecule has 1 N–H and O–H groups in total. The Morgan fingerprint density at radius 2 is 2.03 bits per heavy atom. The van der Waals surface area contributed by atoms with Crippen LogP contribution >= 0.6 is 0 Å². The van der Waals surface area contributed by atoms with Crippen LogP contribution in [0.1, 0.15) is 71.7 Å². The van der Waals surface area contributed by atoms with Gasteiger partial charge in [0.05, 0.1) is 17.8 Å². The van der Waals surface area contributed by atoms with Crippen LogP contribution in [0.15, 0.2) is 14.4 Å². The van der Waals surface area contributed by atoms with E-state index in [0.717, 1.165) is 36.5 Å². The molecule has 3 atom stereocenters. The number of nitrogens with one attached hydrogen (secondary N) is 1. The van der Waals surface area contributed by atoms with E-state index < -0.39 is 0 Å². The van der Waals surface area contributed by atoms with E-state index in [1.54, 1.807) is 11.5 Å². The van der Waals surface area contributed by atoms with Gasteiger partial charge in [-0.25, -0.2) is 9.42 Å². The number of hydrogen-bond donors (Lipinski definition) is 1. The fraction of sp³-hybridized carbons (Fsp3) is 0.720. The molecule has 186 valence electrons. The molecule has 0 radical (unpaired) electrons. The van der Waals surface area contributed by atoms with Crippen LogP contribution in [0.5, 0.6) is 0 Å². The van der Waals surface area contributed by atoms with Gasteiger partial charge >= 0.3 is 5.69 Å². The van der Waals surface area contributed by atoms with Crippen molar-refractivity contribution in [2.75, 3.05) is 0 Å². The molecule has 34 heavy (non-hydrogen) atoms. The molecule has 1 aliphatic heterocycles. The van der Waals surface area contributed by atoms with Crippen LogP contribution in [0, 0.1) is 23.7 Å². The summed E-state index contributed by atoms with van der Waals surface area (Å²) in [6.45, 7) is 13.3. The molecule has 1 aliphatic carbocycles. The largest absolute Gasteiger partial charge is 0.352 e. The van der Waals surface area contributed by atoms with Crippen molar-refractivity contribution in [2.24, 2.45) is 28.8 Å². The molecule has 3 heterocycles. The molecule has 1 amide bonds. The molecule has 9 heteroatoms. The Kier molecular flexibility index (Phi) is 6.33. The first-order valence-electron chi connectivity index (χ1n) is 12.3.